The van der Waals surface area contributed by atoms with Crippen LogP contribution >= 0.6 is 34.5 Å². The van der Waals surface area contributed by atoms with Crippen LogP contribution in [-0.4, -0.2) is 48.5 Å². The zero-order valence-corrected chi connectivity index (χ0v) is 21.8. The Morgan fingerprint density at radius 3 is 2.54 bits per heavy atom. The number of carbonyl (C=O) groups is 1. The molecule has 0 unspecified atom stereocenters. The minimum Gasteiger partial charge on any atom is -0.479 e. The van der Waals surface area contributed by atoms with Gasteiger partial charge in [0.15, 0.2) is 11.2 Å². The third-order valence-corrected chi connectivity index (χ3v) is 8.80. The predicted molar refractivity (Wildman–Crippen MR) is 140 cm³/mol. The molecule has 0 radical (unpaired) electrons. The predicted octanol–water partition coefficient (Wildman–Crippen LogP) is 5.02. The van der Waals surface area contributed by atoms with E-state index in [1.54, 1.807) is 47.5 Å². The number of likely N-dealkylation sites (tertiary alicyclic amines) is 1. The van der Waals surface area contributed by atoms with Gasteiger partial charge < -0.3 is 14.7 Å². The number of carbonyl (C=O) groups excluding carboxylic acids is 1. The van der Waals surface area contributed by atoms with Gasteiger partial charge in [-0.1, -0.05) is 41.4 Å². The van der Waals surface area contributed by atoms with Crippen LogP contribution in [0.4, 0.5) is 5.13 Å². The van der Waals surface area contributed by atoms with Crippen LogP contribution in [0.3, 0.4) is 0 Å². The van der Waals surface area contributed by atoms with E-state index in [1.807, 2.05) is 0 Å². The molecule has 4 rings (SSSR count). The third-order valence-electron chi connectivity index (χ3n) is 5.83. The second-order valence-corrected chi connectivity index (χ2v) is 11.5. The first kappa shape index (κ1) is 25.7. The lowest BCUT2D eigenvalue weighted by Crippen LogP contribution is -2.49. The first-order valence-corrected chi connectivity index (χ1v) is 13.9. The Morgan fingerprint density at radius 1 is 1.23 bits per heavy atom. The molecule has 1 aromatic heterocycles. The molecule has 2 aromatic carbocycles. The van der Waals surface area contributed by atoms with E-state index >= 15 is 0 Å². The normalized spacial score (nSPS) is 16.5. The van der Waals surface area contributed by atoms with Crippen molar-refractivity contribution in [3.8, 4) is 5.75 Å². The Balaban J connectivity index is 0.00000241. The monoisotopic (exact) mass is 559 g/mol. The summed E-state index contributed by atoms with van der Waals surface area (Å²) in [6.07, 6.45) is 1.32. The molecule has 1 aliphatic heterocycles. The van der Waals surface area contributed by atoms with Crippen LogP contribution in [0.2, 0.25) is 10.0 Å². The van der Waals surface area contributed by atoms with Gasteiger partial charge in [0.05, 0.1) is 15.5 Å². The summed E-state index contributed by atoms with van der Waals surface area (Å²) in [4.78, 5) is 18.5. The van der Waals surface area contributed by atoms with Crippen molar-refractivity contribution in [1.29, 1.82) is 0 Å². The third kappa shape index (κ3) is 5.73. The van der Waals surface area contributed by atoms with E-state index in [1.165, 1.54) is 29.7 Å². The van der Waals surface area contributed by atoms with Gasteiger partial charge in [-0.15, -0.1) is 11.3 Å². The number of hydrogen-bond donors (Lipinski definition) is 2. The van der Waals surface area contributed by atoms with Crippen LogP contribution in [0, 0.1) is 0 Å². The van der Waals surface area contributed by atoms with E-state index < -0.39 is 21.7 Å². The van der Waals surface area contributed by atoms with Crippen LogP contribution in [0.25, 0.3) is 0 Å². The quantitative estimate of drug-likeness (QED) is 0.420. The summed E-state index contributed by atoms with van der Waals surface area (Å²) in [5, 5.41) is 13.7. The average molecular weight is 561 g/mol. The Hall–Kier alpha value is -2.37. The Bertz CT molecular complexity index is 1300. The lowest BCUT2D eigenvalue weighted by Gasteiger charge is -2.39. The van der Waals surface area contributed by atoms with Crippen LogP contribution in [0.15, 0.2) is 58.9 Å². The fraction of sp³-hybridized carbons (Fsp3) is 0.304. The maximum absolute atomic E-state index is 12.9. The van der Waals surface area contributed by atoms with Gasteiger partial charge in [-0.05, 0) is 49.6 Å². The van der Waals surface area contributed by atoms with Gasteiger partial charge in [0.1, 0.15) is 10.8 Å². The van der Waals surface area contributed by atoms with Gasteiger partial charge in [0.2, 0.25) is 0 Å². The molecule has 1 saturated heterocycles. The molecule has 0 saturated carbocycles. The molecule has 8 nitrogen and oxygen atoms in total. The summed E-state index contributed by atoms with van der Waals surface area (Å²) in [5.74, 6) is 0.103. The van der Waals surface area contributed by atoms with Gasteiger partial charge >= 0.3 is 0 Å². The van der Waals surface area contributed by atoms with E-state index in [0.29, 0.717) is 42.3 Å². The summed E-state index contributed by atoms with van der Waals surface area (Å²) in [6.45, 7) is 2.27. The number of piperidine rings is 1. The zero-order valence-electron chi connectivity index (χ0n) is 18.6. The number of hydrogen-bond acceptors (Lipinski definition) is 7. The highest BCUT2D eigenvalue weighted by molar-refractivity contribution is 7.93. The van der Waals surface area contributed by atoms with Gasteiger partial charge in [0, 0.05) is 27.5 Å². The number of ether oxygens (including phenoxy) is 1. The molecule has 3 aromatic rings. The molecule has 1 fully saturated rings. The molecule has 1 aliphatic rings. The van der Waals surface area contributed by atoms with Crippen molar-refractivity contribution in [2.24, 2.45) is 0 Å². The van der Waals surface area contributed by atoms with Crippen molar-refractivity contribution < 1.29 is 25.9 Å². The van der Waals surface area contributed by atoms with E-state index in [-0.39, 0.29) is 23.8 Å². The largest absolute Gasteiger partial charge is 0.479 e. The van der Waals surface area contributed by atoms with Crippen molar-refractivity contribution >= 4 is 55.6 Å². The van der Waals surface area contributed by atoms with Crippen molar-refractivity contribution in [2.45, 2.75) is 36.4 Å². The summed E-state index contributed by atoms with van der Waals surface area (Å²) in [5.41, 5.74) is -0.588. The molecule has 0 bridgehead atoms. The topological polar surface area (TPSA) is 109 Å². The SMILES string of the molecule is C[C@H](Oc1cccc(Cl)c1Cl)C(=O)N1CCC(O)(c2ccc(S(=O)(=O)Nc3nccs3)cc2)CC1.[HH].[HH]. The summed E-state index contributed by atoms with van der Waals surface area (Å²) in [7, 11) is -3.78. The molecule has 2 heterocycles. The number of anilines is 1. The summed E-state index contributed by atoms with van der Waals surface area (Å²) in [6, 6.07) is 11.1. The molecule has 190 valence electrons. The molecule has 0 spiro atoms. The van der Waals surface area contributed by atoms with E-state index in [9.17, 15) is 18.3 Å². The number of nitrogens with one attached hydrogen (secondary N) is 1. The van der Waals surface area contributed by atoms with Crippen molar-refractivity contribution in [1.82, 2.24) is 9.88 Å². The first-order chi connectivity index (χ1) is 16.6. The first-order valence-electron chi connectivity index (χ1n) is 10.7. The molecule has 1 atom stereocenters. The van der Waals surface area contributed by atoms with Gasteiger partial charge in [0.25, 0.3) is 15.9 Å². The fourth-order valence-electron chi connectivity index (χ4n) is 3.85. The highest BCUT2D eigenvalue weighted by Gasteiger charge is 2.37. The lowest BCUT2D eigenvalue weighted by atomic mass is 9.84. The van der Waals surface area contributed by atoms with Crippen molar-refractivity contribution in [3.63, 3.8) is 0 Å². The number of sulfonamides is 1. The second-order valence-electron chi connectivity index (χ2n) is 8.14. The smallest absolute Gasteiger partial charge is 0.263 e. The van der Waals surface area contributed by atoms with Crippen LogP contribution in [0.5, 0.6) is 5.75 Å². The summed E-state index contributed by atoms with van der Waals surface area (Å²) >= 11 is 13.3. The maximum atomic E-state index is 12.9. The Morgan fingerprint density at radius 2 is 1.91 bits per heavy atom. The number of rotatable bonds is 7. The fourth-order valence-corrected chi connectivity index (χ4v) is 5.98. The van der Waals surface area contributed by atoms with Crippen LogP contribution in [-0.2, 0) is 20.4 Å². The number of aromatic nitrogens is 1. The maximum Gasteiger partial charge on any atom is 0.263 e. The number of thiazole rings is 1. The van der Waals surface area contributed by atoms with E-state index in [0.717, 1.165) is 0 Å². The van der Waals surface area contributed by atoms with Gasteiger partial charge in [-0.25, -0.2) is 13.4 Å². The average Bonchev–Trinajstić information content (AvgIpc) is 3.34. The van der Waals surface area contributed by atoms with Crippen molar-refractivity contribution in [3.05, 3.63) is 69.7 Å². The standard InChI is InChI=1S/C23H23Cl2N3O5S2.2H2/c1-15(33-19-4-2-3-18(24)20(19)25)21(29)28-12-9-23(30,10-13-28)16-5-7-17(8-6-16)35(31,32)27-22-26-11-14-34-22;;/h2-8,11,14-15,30H,9-10,12-13H2,1H3,(H,26,27);2*1H/t15-;;/m0../s1. The van der Waals surface area contributed by atoms with Gasteiger partial charge in [-0.2, -0.15) is 0 Å². The van der Waals surface area contributed by atoms with Crippen LogP contribution < -0.4 is 9.46 Å². The molecule has 12 heteroatoms. The van der Waals surface area contributed by atoms with Crippen molar-refractivity contribution in [2.75, 3.05) is 17.8 Å². The summed E-state index contributed by atoms with van der Waals surface area (Å²) < 4.78 is 33.2. The Kier molecular flexibility index (Phi) is 7.58. The molecular formula is C23H27Cl2N3O5S2. The molecule has 1 amide bonds. The number of aliphatic hydroxyl groups is 1. The highest BCUT2D eigenvalue weighted by Crippen LogP contribution is 2.35. The number of nitrogens with zero attached hydrogens (tertiary/aromatic N) is 2. The minimum atomic E-state index is -3.78. The molecular weight excluding hydrogens is 533 g/mol. The number of benzene rings is 2. The number of amides is 1. The Labute approximate surface area is 220 Å². The second kappa shape index (κ2) is 10.3. The molecule has 0 aliphatic carbocycles. The number of halogens is 2. The lowest BCUT2D eigenvalue weighted by molar-refractivity contribution is -0.142. The van der Waals surface area contributed by atoms with Crippen LogP contribution in [0.1, 0.15) is 28.2 Å². The van der Waals surface area contributed by atoms with E-state index in [2.05, 4.69) is 9.71 Å². The van der Waals surface area contributed by atoms with Gasteiger partial charge in [-0.3, -0.25) is 9.52 Å². The molecule has 35 heavy (non-hydrogen) atoms. The molecule has 2 N–H and O–H groups in total. The highest BCUT2D eigenvalue weighted by atomic mass is 35.5. The minimum absolute atomic E-state index is 0. The zero-order chi connectivity index (χ0) is 25.2. The van der Waals surface area contributed by atoms with E-state index in [4.69, 9.17) is 27.9 Å².